The first-order valence-corrected chi connectivity index (χ1v) is 10.4. The summed E-state index contributed by atoms with van der Waals surface area (Å²) in [6.07, 6.45) is 0.0243. The van der Waals surface area contributed by atoms with E-state index < -0.39 is 28.4 Å². The molecule has 0 unspecified atom stereocenters. The molecule has 11 heteroatoms. The van der Waals surface area contributed by atoms with Crippen LogP contribution in [-0.4, -0.2) is 45.2 Å². The predicted octanol–water partition coefficient (Wildman–Crippen LogP) is 2.01. The fraction of sp³-hybridized carbons (Fsp3) is 0.222. The summed E-state index contributed by atoms with van der Waals surface area (Å²) >= 11 is 11.8. The number of hydrazine groups is 1. The minimum atomic E-state index is -4.05. The number of hydrogen-bond acceptors (Lipinski definition) is 5. The molecular formula is C18H19Cl2N3O5S. The Morgan fingerprint density at radius 3 is 2.28 bits per heavy atom. The Balaban J connectivity index is 1.90. The van der Waals surface area contributed by atoms with Crippen molar-refractivity contribution in [2.45, 2.75) is 11.3 Å². The summed E-state index contributed by atoms with van der Waals surface area (Å²) in [7, 11) is -1.30. The second-order valence-electron chi connectivity index (χ2n) is 5.96. The summed E-state index contributed by atoms with van der Waals surface area (Å²) in [6, 6.07) is 10.9. The van der Waals surface area contributed by atoms with E-state index in [1.54, 1.807) is 24.3 Å². The number of carbonyl (C=O) groups excluding carboxylic acids is 2. The van der Waals surface area contributed by atoms with Crippen molar-refractivity contribution < 1.29 is 22.7 Å². The molecule has 2 aromatic carbocycles. The molecule has 0 atom stereocenters. The summed E-state index contributed by atoms with van der Waals surface area (Å²) in [5.41, 5.74) is 5.13. The van der Waals surface area contributed by atoms with Crippen molar-refractivity contribution in [1.29, 1.82) is 0 Å². The average Bonchev–Trinajstić information content (AvgIpc) is 2.68. The smallest absolute Gasteiger partial charge is 0.253 e. The van der Waals surface area contributed by atoms with E-state index in [0.29, 0.717) is 11.3 Å². The lowest BCUT2D eigenvalue weighted by Gasteiger charge is -2.18. The summed E-state index contributed by atoms with van der Waals surface area (Å²) in [4.78, 5) is 23.7. The van der Waals surface area contributed by atoms with E-state index in [9.17, 15) is 18.0 Å². The molecule has 0 radical (unpaired) electrons. The van der Waals surface area contributed by atoms with Gasteiger partial charge in [0, 0.05) is 12.1 Å². The molecule has 2 aromatic rings. The van der Waals surface area contributed by atoms with Crippen molar-refractivity contribution in [2.24, 2.45) is 0 Å². The zero-order valence-electron chi connectivity index (χ0n) is 15.6. The molecule has 29 heavy (non-hydrogen) atoms. The van der Waals surface area contributed by atoms with E-state index in [2.05, 4.69) is 10.9 Å². The molecule has 0 aliphatic heterocycles. The number of likely N-dealkylation sites (N-methyl/N-ethyl adjacent to an activating group) is 1. The van der Waals surface area contributed by atoms with E-state index in [-0.39, 0.29) is 21.4 Å². The highest BCUT2D eigenvalue weighted by Gasteiger charge is 2.25. The van der Waals surface area contributed by atoms with Crippen LogP contribution in [0.15, 0.2) is 47.4 Å². The molecule has 0 aliphatic rings. The number of halogens is 2. The van der Waals surface area contributed by atoms with Gasteiger partial charge in [-0.15, -0.1) is 0 Å². The molecule has 0 aromatic heterocycles. The molecule has 0 heterocycles. The maximum atomic E-state index is 12.6. The molecule has 0 saturated heterocycles. The second kappa shape index (κ2) is 9.93. The van der Waals surface area contributed by atoms with Gasteiger partial charge in [-0.25, -0.2) is 8.42 Å². The minimum absolute atomic E-state index is 0.0190. The molecule has 0 fully saturated rings. The van der Waals surface area contributed by atoms with Gasteiger partial charge in [0.1, 0.15) is 10.6 Å². The summed E-state index contributed by atoms with van der Waals surface area (Å²) < 4.78 is 31.0. The predicted molar refractivity (Wildman–Crippen MR) is 109 cm³/mol. The Labute approximate surface area is 178 Å². The molecule has 0 aliphatic carbocycles. The van der Waals surface area contributed by atoms with E-state index in [1.165, 1.54) is 32.4 Å². The van der Waals surface area contributed by atoms with Gasteiger partial charge in [-0.1, -0.05) is 35.3 Å². The van der Waals surface area contributed by atoms with Crippen LogP contribution in [0.5, 0.6) is 5.75 Å². The highest BCUT2D eigenvalue weighted by atomic mass is 35.5. The van der Waals surface area contributed by atoms with Crippen LogP contribution in [0.4, 0.5) is 0 Å². The largest absolute Gasteiger partial charge is 0.497 e. The van der Waals surface area contributed by atoms with Crippen molar-refractivity contribution in [1.82, 2.24) is 15.2 Å². The number of methoxy groups -OCH3 is 1. The maximum absolute atomic E-state index is 12.6. The minimum Gasteiger partial charge on any atom is -0.497 e. The summed E-state index contributed by atoms with van der Waals surface area (Å²) in [5, 5.41) is 0.172. The maximum Gasteiger partial charge on any atom is 0.253 e. The van der Waals surface area contributed by atoms with Crippen LogP contribution < -0.4 is 15.6 Å². The SMILES string of the molecule is COc1ccc(CC(=O)NNC(=O)CN(C)S(=O)(=O)c2cc(Cl)ccc2Cl)cc1. The Kier molecular flexibility index (Phi) is 7.86. The number of sulfonamides is 1. The molecule has 0 saturated carbocycles. The van der Waals surface area contributed by atoms with Gasteiger partial charge in [-0.05, 0) is 35.9 Å². The lowest BCUT2D eigenvalue weighted by molar-refractivity contribution is -0.128. The molecular weight excluding hydrogens is 441 g/mol. The van der Waals surface area contributed by atoms with Gasteiger partial charge >= 0.3 is 0 Å². The first kappa shape index (κ1) is 23.0. The van der Waals surface area contributed by atoms with Crippen molar-refractivity contribution in [3.05, 3.63) is 58.1 Å². The number of rotatable bonds is 7. The fourth-order valence-electron chi connectivity index (χ4n) is 2.28. The van der Waals surface area contributed by atoms with Crippen molar-refractivity contribution in [2.75, 3.05) is 20.7 Å². The Bertz CT molecular complexity index is 997. The summed E-state index contributed by atoms with van der Waals surface area (Å²) in [5.74, 6) is -0.532. The molecule has 2 amide bonds. The number of ether oxygens (including phenoxy) is 1. The fourth-order valence-corrected chi connectivity index (χ4v) is 4.14. The van der Waals surface area contributed by atoms with Gasteiger partial charge in [0.15, 0.2) is 0 Å². The number of nitrogens with one attached hydrogen (secondary N) is 2. The lowest BCUT2D eigenvalue weighted by Crippen LogP contribution is -2.47. The molecule has 0 spiro atoms. The van der Waals surface area contributed by atoms with E-state index >= 15 is 0 Å². The van der Waals surface area contributed by atoms with Crippen LogP contribution in [0.1, 0.15) is 5.56 Å². The number of benzene rings is 2. The van der Waals surface area contributed by atoms with Crippen molar-refractivity contribution >= 4 is 45.0 Å². The zero-order chi connectivity index (χ0) is 21.6. The van der Waals surface area contributed by atoms with Crippen molar-refractivity contribution in [3.8, 4) is 5.75 Å². The molecule has 8 nitrogen and oxygen atoms in total. The normalized spacial score (nSPS) is 11.2. The van der Waals surface area contributed by atoms with Gasteiger partial charge in [0.25, 0.3) is 5.91 Å². The third-order valence-electron chi connectivity index (χ3n) is 3.81. The Morgan fingerprint density at radius 1 is 1.03 bits per heavy atom. The van der Waals surface area contributed by atoms with Gasteiger partial charge in [-0.3, -0.25) is 20.4 Å². The second-order valence-corrected chi connectivity index (χ2v) is 8.81. The standard InChI is InChI=1S/C18H19Cl2N3O5S/c1-23(29(26,27)16-10-13(19)5-8-15(16)20)11-18(25)22-21-17(24)9-12-3-6-14(28-2)7-4-12/h3-8,10H,9,11H2,1-2H3,(H,21,24)(H,22,25). The topological polar surface area (TPSA) is 105 Å². The van der Waals surface area contributed by atoms with Crippen LogP contribution in [0.25, 0.3) is 0 Å². The Hall–Kier alpha value is -2.33. The van der Waals surface area contributed by atoms with Crippen LogP contribution in [0, 0.1) is 0 Å². The molecule has 2 rings (SSSR count). The highest BCUT2D eigenvalue weighted by molar-refractivity contribution is 7.89. The third kappa shape index (κ3) is 6.33. The van der Waals surface area contributed by atoms with E-state index in [4.69, 9.17) is 27.9 Å². The van der Waals surface area contributed by atoms with Crippen LogP contribution in [0.3, 0.4) is 0 Å². The summed E-state index contributed by atoms with van der Waals surface area (Å²) in [6.45, 7) is -0.534. The Morgan fingerprint density at radius 2 is 1.66 bits per heavy atom. The highest BCUT2D eigenvalue weighted by Crippen LogP contribution is 2.27. The van der Waals surface area contributed by atoms with Crippen LogP contribution >= 0.6 is 23.2 Å². The number of hydrogen-bond donors (Lipinski definition) is 2. The molecule has 2 N–H and O–H groups in total. The zero-order valence-corrected chi connectivity index (χ0v) is 17.9. The lowest BCUT2D eigenvalue weighted by atomic mass is 10.1. The van der Waals surface area contributed by atoms with Gasteiger partial charge in [0.05, 0.1) is 25.1 Å². The number of carbonyl (C=O) groups is 2. The third-order valence-corrected chi connectivity index (χ3v) is 6.33. The quantitative estimate of drug-likeness (QED) is 0.616. The van der Waals surface area contributed by atoms with Gasteiger partial charge < -0.3 is 4.74 Å². The van der Waals surface area contributed by atoms with Crippen LogP contribution in [0.2, 0.25) is 10.0 Å². The first-order chi connectivity index (χ1) is 13.6. The molecule has 156 valence electrons. The van der Waals surface area contributed by atoms with Gasteiger partial charge in [0.2, 0.25) is 15.9 Å². The monoisotopic (exact) mass is 459 g/mol. The van der Waals surface area contributed by atoms with E-state index in [0.717, 1.165) is 4.31 Å². The van der Waals surface area contributed by atoms with Gasteiger partial charge in [-0.2, -0.15) is 4.31 Å². The van der Waals surface area contributed by atoms with Crippen molar-refractivity contribution in [3.63, 3.8) is 0 Å². The average molecular weight is 460 g/mol. The van der Waals surface area contributed by atoms with E-state index in [1.807, 2.05) is 0 Å². The molecule has 0 bridgehead atoms. The first-order valence-electron chi connectivity index (χ1n) is 8.25. The van der Waals surface area contributed by atoms with Crippen LogP contribution in [-0.2, 0) is 26.0 Å². The number of nitrogens with zero attached hydrogens (tertiary/aromatic N) is 1. The number of amides is 2.